The van der Waals surface area contributed by atoms with Gasteiger partial charge in [-0.2, -0.15) is 0 Å². The van der Waals surface area contributed by atoms with Crippen molar-refractivity contribution in [3.63, 3.8) is 0 Å². The van der Waals surface area contributed by atoms with Crippen LogP contribution in [0.3, 0.4) is 0 Å². The van der Waals surface area contributed by atoms with E-state index in [2.05, 4.69) is 4.98 Å². The van der Waals surface area contributed by atoms with Crippen LogP contribution in [0.1, 0.15) is 34.5 Å². The van der Waals surface area contributed by atoms with Gasteiger partial charge in [-0.1, -0.05) is 0 Å². The molecule has 96 valence electrons. The van der Waals surface area contributed by atoms with E-state index >= 15 is 0 Å². The Hall–Kier alpha value is -2.23. The highest BCUT2D eigenvalue weighted by atomic mass is 16.1. The van der Waals surface area contributed by atoms with Crippen molar-refractivity contribution < 1.29 is 4.79 Å². The molecule has 2 heterocycles. The van der Waals surface area contributed by atoms with Crippen molar-refractivity contribution >= 4 is 5.78 Å². The fraction of sp³-hybridized carbons (Fsp3) is 0.267. The molecule has 3 rings (SSSR count). The highest BCUT2D eigenvalue weighted by Gasteiger charge is 2.20. The highest BCUT2D eigenvalue weighted by Crippen LogP contribution is 2.20. The molecule has 0 saturated heterocycles. The molecule has 0 fully saturated rings. The maximum Gasteiger partial charge on any atom is 0.251 e. The molecule has 0 N–H and O–H groups in total. The smallest absolute Gasteiger partial charge is 0.251 e. The Balaban J connectivity index is 2.08. The summed E-state index contributed by atoms with van der Waals surface area (Å²) in [6.07, 6.45) is 5.62. The van der Waals surface area contributed by atoms with Crippen molar-refractivity contribution in [1.82, 2.24) is 9.55 Å². The van der Waals surface area contributed by atoms with E-state index in [9.17, 15) is 9.59 Å². The normalized spacial score (nSPS) is 14.2. The number of carbonyl (C=O) groups is 1. The summed E-state index contributed by atoms with van der Waals surface area (Å²) in [6.45, 7) is 0.498. The van der Waals surface area contributed by atoms with Crippen LogP contribution in [0.15, 0.2) is 41.5 Å². The number of nitrogens with zero attached hydrogens (tertiary/aromatic N) is 2. The van der Waals surface area contributed by atoms with Gasteiger partial charge in [0.05, 0.1) is 6.54 Å². The zero-order valence-electron chi connectivity index (χ0n) is 10.5. The molecule has 2 aromatic heterocycles. The second-order valence-corrected chi connectivity index (χ2v) is 4.75. The second kappa shape index (κ2) is 4.80. The van der Waals surface area contributed by atoms with Gasteiger partial charge in [-0.3, -0.25) is 14.6 Å². The average Bonchev–Trinajstić information content (AvgIpc) is 2.43. The van der Waals surface area contributed by atoms with Gasteiger partial charge in [0.1, 0.15) is 0 Å². The Morgan fingerprint density at radius 2 is 1.84 bits per heavy atom. The maximum atomic E-state index is 12.0. The molecule has 2 aromatic rings. The molecular weight excluding hydrogens is 240 g/mol. The molecular formula is C15H14N2O2. The lowest BCUT2D eigenvalue weighted by molar-refractivity contribution is 0.0970. The van der Waals surface area contributed by atoms with Crippen LogP contribution in [-0.2, 0) is 13.0 Å². The van der Waals surface area contributed by atoms with Gasteiger partial charge in [-0.15, -0.1) is 0 Å². The van der Waals surface area contributed by atoms with Crippen molar-refractivity contribution in [2.45, 2.75) is 25.8 Å². The number of carbonyl (C=O) groups excluding carboxylic acids is 1. The van der Waals surface area contributed by atoms with Crippen molar-refractivity contribution in [2.75, 3.05) is 0 Å². The lowest BCUT2D eigenvalue weighted by atomic mass is 9.94. The Labute approximate surface area is 110 Å². The van der Waals surface area contributed by atoms with Gasteiger partial charge >= 0.3 is 0 Å². The monoisotopic (exact) mass is 254 g/mol. The summed E-state index contributed by atoms with van der Waals surface area (Å²) in [6, 6.07) is 6.93. The summed E-state index contributed by atoms with van der Waals surface area (Å²) in [5.74, 6) is 0.143. The summed E-state index contributed by atoms with van der Waals surface area (Å²) in [5.41, 5.74) is 2.55. The molecule has 0 atom stereocenters. The van der Waals surface area contributed by atoms with Crippen LogP contribution < -0.4 is 5.56 Å². The number of aromatic nitrogens is 2. The zero-order valence-corrected chi connectivity index (χ0v) is 10.5. The first-order chi connectivity index (χ1) is 9.25. The largest absolute Gasteiger partial charge is 0.308 e. The summed E-state index contributed by atoms with van der Waals surface area (Å²) in [7, 11) is 0. The standard InChI is InChI=1S/C15H14N2O2/c18-14-3-1-2-13-12(14)4-5-15(19)17(13)10-11-6-8-16-9-7-11/h4-9H,1-3,10H2. The molecule has 4 heteroatoms. The summed E-state index contributed by atoms with van der Waals surface area (Å²) in [5, 5.41) is 0. The van der Waals surface area contributed by atoms with Crippen LogP contribution in [-0.4, -0.2) is 15.3 Å². The van der Waals surface area contributed by atoms with E-state index < -0.39 is 0 Å². The number of Topliss-reactive ketones (excluding diaryl/α,β-unsaturated/α-hetero) is 1. The van der Waals surface area contributed by atoms with E-state index in [-0.39, 0.29) is 11.3 Å². The topological polar surface area (TPSA) is 52.0 Å². The molecule has 1 aliphatic rings. The fourth-order valence-electron chi connectivity index (χ4n) is 2.54. The van der Waals surface area contributed by atoms with Gasteiger partial charge in [0.15, 0.2) is 5.78 Å². The molecule has 0 aromatic carbocycles. The number of hydrogen-bond donors (Lipinski definition) is 0. The van der Waals surface area contributed by atoms with E-state index in [1.165, 1.54) is 6.07 Å². The number of ketones is 1. The Bertz CT molecular complexity index is 674. The van der Waals surface area contributed by atoms with Crippen LogP contribution >= 0.6 is 0 Å². The Kier molecular flexibility index (Phi) is 2.99. The highest BCUT2D eigenvalue weighted by molar-refractivity contribution is 5.97. The minimum Gasteiger partial charge on any atom is -0.308 e. The molecule has 0 radical (unpaired) electrons. The van der Waals surface area contributed by atoms with Gasteiger partial charge in [0.25, 0.3) is 5.56 Å². The predicted molar refractivity (Wildman–Crippen MR) is 71.3 cm³/mol. The first-order valence-corrected chi connectivity index (χ1v) is 6.40. The van der Waals surface area contributed by atoms with Crippen LogP contribution in [0.25, 0.3) is 0 Å². The molecule has 0 spiro atoms. The third-order valence-electron chi connectivity index (χ3n) is 3.50. The second-order valence-electron chi connectivity index (χ2n) is 4.75. The molecule has 0 bridgehead atoms. The predicted octanol–water partition coefficient (Wildman–Crippen LogP) is 1.81. The van der Waals surface area contributed by atoms with E-state index in [0.717, 1.165) is 24.1 Å². The van der Waals surface area contributed by atoms with Crippen molar-refractivity contribution in [1.29, 1.82) is 0 Å². The average molecular weight is 254 g/mol. The molecule has 0 unspecified atom stereocenters. The maximum absolute atomic E-state index is 12.0. The summed E-state index contributed by atoms with van der Waals surface area (Å²) >= 11 is 0. The number of rotatable bonds is 2. The molecule has 0 amide bonds. The SMILES string of the molecule is O=C1CCCc2c1ccc(=O)n2Cc1ccncc1. The minimum absolute atomic E-state index is 0.0507. The first-order valence-electron chi connectivity index (χ1n) is 6.40. The lowest BCUT2D eigenvalue weighted by Gasteiger charge is -2.19. The third kappa shape index (κ3) is 2.21. The van der Waals surface area contributed by atoms with Gasteiger partial charge in [-0.25, -0.2) is 0 Å². The number of pyridine rings is 2. The fourth-order valence-corrected chi connectivity index (χ4v) is 2.54. The third-order valence-corrected chi connectivity index (χ3v) is 3.50. The van der Waals surface area contributed by atoms with Gasteiger partial charge in [0.2, 0.25) is 0 Å². The van der Waals surface area contributed by atoms with Crippen molar-refractivity contribution in [3.8, 4) is 0 Å². The molecule has 0 saturated carbocycles. The van der Waals surface area contributed by atoms with E-state index in [4.69, 9.17) is 0 Å². The summed E-state index contributed by atoms with van der Waals surface area (Å²) < 4.78 is 1.71. The van der Waals surface area contributed by atoms with Crippen LogP contribution in [0.2, 0.25) is 0 Å². The Morgan fingerprint density at radius 3 is 2.63 bits per heavy atom. The Morgan fingerprint density at radius 1 is 1.05 bits per heavy atom. The van der Waals surface area contributed by atoms with E-state index in [1.54, 1.807) is 23.0 Å². The molecule has 4 nitrogen and oxygen atoms in total. The van der Waals surface area contributed by atoms with Crippen molar-refractivity contribution in [2.24, 2.45) is 0 Å². The summed E-state index contributed by atoms with van der Waals surface area (Å²) in [4.78, 5) is 27.9. The van der Waals surface area contributed by atoms with Crippen LogP contribution in [0, 0.1) is 0 Å². The number of hydrogen-bond acceptors (Lipinski definition) is 3. The first kappa shape index (κ1) is 11.8. The minimum atomic E-state index is -0.0507. The molecule has 19 heavy (non-hydrogen) atoms. The van der Waals surface area contributed by atoms with Crippen LogP contribution in [0.4, 0.5) is 0 Å². The van der Waals surface area contributed by atoms with Gasteiger partial charge in [0, 0.05) is 36.1 Å². The zero-order chi connectivity index (χ0) is 13.2. The number of fused-ring (bicyclic) bond motifs is 1. The van der Waals surface area contributed by atoms with Gasteiger partial charge < -0.3 is 4.57 Å². The lowest BCUT2D eigenvalue weighted by Crippen LogP contribution is -2.28. The van der Waals surface area contributed by atoms with E-state index in [1.807, 2.05) is 12.1 Å². The van der Waals surface area contributed by atoms with Crippen molar-refractivity contribution in [3.05, 3.63) is 63.8 Å². The molecule has 1 aliphatic carbocycles. The van der Waals surface area contributed by atoms with E-state index in [0.29, 0.717) is 18.5 Å². The molecule has 0 aliphatic heterocycles. The van der Waals surface area contributed by atoms with Gasteiger partial charge in [-0.05, 0) is 36.6 Å². The van der Waals surface area contributed by atoms with Crippen LogP contribution in [0.5, 0.6) is 0 Å². The quantitative estimate of drug-likeness (QED) is 0.821.